The maximum atomic E-state index is 13.6. The second-order valence-electron chi connectivity index (χ2n) is 6.73. The Labute approximate surface area is 167 Å². The number of benzene rings is 2. The first-order valence-corrected chi connectivity index (χ1v) is 10.2. The van der Waals surface area contributed by atoms with Crippen LogP contribution in [-0.4, -0.2) is 23.6 Å². The zero-order chi connectivity index (χ0) is 19.9. The van der Waals surface area contributed by atoms with Crippen LogP contribution in [0.15, 0.2) is 47.4 Å². The third-order valence-electron chi connectivity index (χ3n) is 4.56. The van der Waals surface area contributed by atoms with Crippen molar-refractivity contribution in [3.63, 3.8) is 0 Å². The molecule has 0 saturated heterocycles. The molecule has 2 aromatic carbocycles. The van der Waals surface area contributed by atoms with Gasteiger partial charge in [0.2, 0.25) is 5.91 Å². The Morgan fingerprint density at radius 1 is 1.04 bits per heavy atom. The molecule has 1 fully saturated rings. The van der Waals surface area contributed by atoms with Gasteiger partial charge in [0, 0.05) is 34.9 Å². The number of carbonyl (C=O) groups is 2. The number of thioether (sulfide) groups is 1. The summed E-state index contributed by atoms with van der Waals surface area (Å²) < 4.78 is 26.4. The lowest BCUT2D eigenvalue weighted by Crippen LogP contribution is -2.28. The highest BCUT2D eigenvalue weighted by atomic mass is 32.2. The SMILES string of the molecule is O=C(CCNC(=O)c1ccc(F)cc1F)Nc1ccc(SC2CCCC2)cc1. The largest absolute Gasteiger partial charge is 0.351 e. The minimum Gasteiger partial charge on any atom is -0.351 e. The van der Waals surface area contributed by atoms with Crippen LogP contribution in [0.25, 0.3) is 0 Å². The third-order valence-corrected chi connectivity index (χ3v) is 5.91. The Morgan fingerprint density at radius 2 is 1.75 bits per heavy atom. The fourth-order valence-electron chi connectivity index (χ4n) is 3.10. The van der Waals surface area contributed by atoms with Crippen LogP contribution in [0.3, 0.4) is 0 Å². The second kappa shape index (κ2) is 9.68. The highest BCUT2D eigenvalue weighted by Gasteiger charge is 2.16. The first-order chi connectivity index (χ1) is 13.5. The van der Waals surface area contributed by atoms with E-state index in [-0.39, 0.29) is 24.4 Å². The molecule has 1 aliphatic carbocycles. The van der Waals surface area contributed by atoms with Crippen molar-refractivity contribution in [2.75, 3.05) is 11.9 Å². The summed E-state index contributed by atoms with van der Waals surface area (Å²) in [6, 6.07) is 10.5. The van der Waals surface area contributed by atoms with Gasteiger partial charge in [-0.05, 0) is 49.2 Å². The predicted octanol–water partition coefficient (Wildman–Crippen LogP) is 4.76. The molecule has 0 aliphatic heterocycles. The fraction of sp³-hybridized carbons (Fsp3) is 0.333. The van der Waals surface area contributed by atoms with Gasteiger partial charge in [0.05, 0.1) is 5.56 Å². The van der Waals surface area contributed by atoms with Crippen molar-refractivity contribution in [3.05, 3.63) is 59.7 Å². The van der Waals surface area contributed by atoms with Crippen LogP contribution in [0.1, 0.15) is 42.5 Å². The zero-order valence-corrected chi connectivity index (χ0v) is 16.2. The van der Waals surface area contributed by atoms with Crippen molar-refractivity contribution in [2.45, 2.75) is 42.2 Å². The Balaban J connectivity index is 1.42. The molecule has 0 bridgehead atoms. The third kappa shape index (κ3) is 5.79. The molecule has 2 N–H and O–H groups in total. The fourth-order valence-corrected chi connectivity index (χ4v) is 4.34. The summed E-state index contributed by atoms with van der Waals surface area (Å²) in [5.74, 6) is -2.62. The number of hydrogen-bond donors (Lipinski definition) is 2. The Kier molecular flexibility index (Phi) is 7.03. The number of anilines is 1. The smallest absolute Gasteiger partial charge is 0.254 e. The van der Waals surface area contributed by atoms with Crippen molar-refractivity contribution in [1.29, 1.82) is 0 Å². The molecule has 0 unspecified atom stereocenters. The molecule has 1 aliphatic rings. The first kappa shape index (κ1) is 20.3. The normalized spacial score (nSPS) is 14.1. The molecule has 4 nitrogen and oxygen atoms in total. The van der Waals surface area contributed by atoms with E-state index in [9.17, 15) is 18.4 Å². The number of rotatable bonds is 7. The van der Waals surface area contributed by atoms with Crippen molar-refractivity contribution < 1.29 is 18.4 Å². The molecule has 0 atom stereocenters. The van der Waals surface area contributed by atoms with Gasteiger partial charge in [0.25, 0.3) is 5.91 Å². The van der Waals surface area contributed by atoms with Gasteiger partial charge in [0.15, 0.2) is 0 Å². The van der Waals surface area contributed by atoms with Crippen molar-refractivity contribution >= 4 is 29.3 Å². The minimum atomic E-state index is -0.933. The Morgan fingerprint density at radius 3 is 2.43 bits per heavy atom. The highest BCUT2D eigenvalue weighted by molar-refractivity contribution is 8.00. The average molecular weight is 404 g/mol. The lowest BCUT2D eigenvalue weighted by atomic mass is 10.2. The van der Waals surface area contributed by atoms with E-state index in [4.69, 9.17) is 0 Å². The summed E-state index contributed by atoms with van der Waals surface area (Å²) >= 11 is 1.88. The van der Waals surface area contributed by atoms with Crippen LogP contribution >= 0.6 is 11.8 Å². The molecular formula is C21H22F2N2O2S. The summed E-state index contributed by atoms with van der Waals surface area (Å²) in [5, 5.41) is 5.92. The van der Waals surface area contributed by atoms with E-state index in [0.29, 0.717) is 17.0 Å². The number of hydrogen-bond acceptors (Lipinski definition) is 3. The minimum absolute atomic E-state index is 0.0487. The predicted molar refractivity (Wildman–Crippen MR) is 106 cm³/mol. The lowest BCUT2D eigenvalue weighted by molar-refractivity contribution is -0.116. The van der Waals surface area contributed by atoms with E-state index in [2.05, 4.69) is 10.6 Å². The molecule has 2 aromatic rings. The second-order valence-corrected chi connectivity index (χ2v) is 8.10. The highest BCUT2D eigenvalue weighted by Crippen LogP contribution is 2.34. The average Bonchev–Trinajstić information content (AvgIpc) is 3.16. The van der Waals surface area contributed by atoms with Crippen molar-refractivity contribution in [3.8, 4) is 0 Å². The van der Waals surface area contributed by atoms with Crippen LogP contribution in [-0.2, 0) is 4.79 Å². The van der Waals surface area contributed by atoms with Gasteiger partial charge >= 0.3 is 0 Å². The first-order valence-electron chi connectivity index (χ1n) is 9.31. The van der Waals surface area contributed by atoms with Crippen LogP contribution < -0.4 is 10.6 Å². The molecule has 3 rings (SSSR count). The van der Waals surface area contributed by atoms with Gasteiger partial charge in [0.1, 0.15) is 11.6 Å². The van der Waals surface area contributed by atoms with E-state index in [0.717, 1.165) is 12.1 Å². The van der Waals surface area contributed by atoms with Crippen molar-refractivity contribution in [1.82, 2.24) is 5.32 Å². The van der Waals surface area contributed by atoms with E-state index in [1.165, 1.54) is 30.6 Å². The Bertz CT molecular complexity index is 837. The van der Waals surface area contributed by atoms with Gasteiger partial charge in [-0.3, -0.25) is 9.59 Å². The molecule has 148 valence electrons. The van der Waals surface area contributed by atoms with Crippen LogP contribution in [0, 0.1) is 11.6 Å². The number of carbonyl (C=O) groups excluding carboxylic acids is 2. The topological polar surface area (TPSA) is 58.2 Å². The van der Waals surface area contributed by atoms with E-state index in [1.807, 2.05) is 36.0 Å². The van der Waals surface area contributed by atoms with Crippen LogP contribution in [0.4, 0.5) is 14.5 Å². The van der Waals surface area contributed by atoms with E-state index >= 15 is 0 Å². The van der Waals surface area contributed by atoms with E-state index < -0.39 is 17.5 Å². The Hall–Kier alpha value is -2.41. The van der Waals surface area contributed by atoms with Crippen LogP contribution in [0.5, 0.6) is 0 Å². The zero-order valence-electron chi connectivity index (χ0n) is 15.3. The molecule has 2 amide bonds. The maximum Gasteiger partial charge on any atom is 0.254 e. The molecule has 0 spiro atoms. The molecule has 7 heteroatoms. The quantitative estimate of drug-likeness (QED) is 0.700. The lowest BCUT2D eigenvalue weighted by Gasteiger charge is -2.10. The van der Waals surface area contributed by atoms with E-state index in [1.54, 1.807) is 0 Å². The monoisotopic (exact) mass is 404 g/mol. The molecule has 28 heavy (non-hydrogen) atoms. The standard InChI is InChI=1S/C21H22F2N2O2S/c22-14-5-10-18(19(23)13-14)21(27)24-12-11-20(26)25-15-6-8-17(9-7-15)28-16-3-1-2-4-16/h5-10,13,16H,1-4,11-12H2,(H,24,27)(H,25,26). The molecule has 0 aromatic heterocycles. The number of amides is 2. The van der Waals surface area contributed by atoms with Crippen LogP contribution in [0.2, 0.25) is 0 Å². The summed E-state index contributed by atoms with van der Waals surface area (Å²) in [6.07, 6.45) is 5.17. The van der Waals surface area contributed by atoms with Gasteiger partial charge < -0.3 is 10.6 Å². The number of halogens is 2. The summed E-state index contributed by atoms with van der Waals surface area (Å²) in [5.41, 5.74) is 0.439. The van der Waals surface area contributed by atoms with Gasteiger partial charge in [-0.2, -0.15) is 0 Å². The number of nitrogens with one attached hydrogen (secondary N) is 2. The summed E-state index contributed by atoms with van der Waals surface area (Å²) in [6.45, 7) is 0.0527. The molecular weight excluding hydrogens is 382 g/mol. The van der Waals surface area contributed by atoms with Gasteiger partial charge in [-0.15, -0.1) is 11.8 Å². The van der Waals surface area contributed by atoms with Gasteiger partial charge in [-0.1, -0.05) is 12.8 Å². The van der Waals surface area contributed by atoms with Crippen molar-refractivity contribution in [2.24, 2.45) is 0 Å². The van der Waals surface area contributed by atoms with Gasteiger partial charge in [-0.25, -0.2) is 8.78 Å². The molecule has 0 heterocycles. The summed E-state index contributed by atoms with van der Waals surface area (Å²) in [4.78, 5) is 25.1. The summed E-state index contributed by atoms with van der Waals surface area (Å²) in [7, 11) is 0. The maximum absolute atomic E-state index is 13.6. The molecule has 0 radical (unpaired) electrons. The molecule has 1 saturated carbocycles.